The zero-order valence-electron chi connectivity index (χ0n) is 14.8. The number of sulfonamides is 1. The predicted octanol–water partition coefficient (Wildman–Crippen LogP) is 2.66. The molecule has 0 aliphatic heterocycles. The van der Waals surface area contributed by atoms with Crippen molar-refractivity contribution in [3.8, 4) is 0 Å². The molecule has 1 N–H and O–H groups in total. The van der Waals surface area contributed by atoms with Crippen molar-refractivity contribution < 1.29 is 30.4 Å². The average Bonchev–Trinajstić information content (AvgIpc) is 3.25. The Kier molecular flexibility index (Phi) is 5.49. The smallest absolute Gasteiger partial charge is 0.269 e. The number of rotatable bonds is 7. The first-order chi connectivity index (χ1) is 13.0. The second-order valence-electron chi connectivity index (χ2n) is 6.42. The SMILES string of the molecule is Cc1c(S(=O)(=O)NCCCn2nc(C(F)(F)F)c3c2CCC3)cnn1C(F)F. The highest BCUT2D eigenvalue weighted by Crippen LogP contribution is 2.36. The molecule has 0 unspecified atom stereocenters. The first-order valence-corrected chi connectivity index (χ1v) is 9.98. The molecule has 0 saturated heterocycles. The van der Waals surface area contributed by atoms with Crippen molar-refractivity contribution >= 4 is 10.0 Å². The van der Waals surface area contributed by atoms with E-state index in [1.807, 2.05) is 0 Å². The second-order valence-corrected chi connectivity index (χ2v) is 8.15. The second kappa shape index (κ2) is 7.43. The topological polar surface area (TPSA) is 81.8 Å². The summed E-state index contributed by atoms with van der Waals surface area (Å²) in [6, 6.07) is 0. The lowest BCUT2D eigenvalue weighted by molar-refractivity contribution is -0.142. The fourth-order valence-corrected chi connectivity index (χ4v) is 4.54. The molecule has 1 aliphatic rings. The van der Waals surface area contributed by atoms with Gasteiger partial charge in [-0.3, -0.25) is 4.68 Å². The Hall–Kier alpha value is -2.02. The van der Waals surface area contributed by atoms with Crippen LogP contribution < -0.4 is 4.72 Å². The van der Waals surface area contributed by atoms with E-state index in [1.54, 1.807) is 0 Å². The van der Waals surface area contributed by atoms with Crippen LogP contribution in [0.3, 0.4) is 0 Å². The molecule has 2 aromatic rings. The molecule has 1 aliphatic carbocycles. The maximum absolute atomic E-state index is 13.1. The molecule has 2 aromatic heterocycles. The Morgan fingerprint density at radius 1 is 1.29 bits per heavy atom. The van der Waals surface area contributed by atoms with Gasteiger partial charge >= 0.3 is 12.7 Å². The number of nitrogens with one attached hydrogen (secondary N) is 1. The van der Waals surface area contributed by atoms with Crippen molar-refractivity contribution in [1.82, 2.24) is 24.3 Å². The summed E-state index contributed by atoms with van der Waals surface area (Å²) < 4.78 is 92.9. The standard InChI is InChI=1S/C15H18F5N5O2S/c1-9-12(8-21-25(9)14(16)17)28(26,27)22-6-3-7-24-11-5-2-4-10(11)13(23-24)15(18,19)20/h8,14,22H,2-7H2,1H3. The first kappa shape index (κ1) is 20.7. The van der Waals surface area contributed by atoms with Gasteiger partial charge in [0.2, 0.25) is 10.0 Å². The van der Waals surface area contributed by atoms with Gasteiger partial charge in [0.05, 0.1) is 11.9 Å². The normalized spacial score (nSPS) is 14.8. The number of hydrogen-bond donors (Lipinski definition) is 1. The minimum absolute atomic E-state index is 0.0857. The molecule has 0 aromatic carbocycles. The van der Waals surface area contributed by atoms with Crippen LogP contribution in [0.4, 0.5) is 22.0 Å². The van der Waals surface area contributed by atoms with Crippen LogP contribution in [0.15, 0.2) is 11.1 Å². The van der Waals surface area contributed by atoms with E-state index in [2.05, 4.69) is 14.9 Å². The highest BCUT2D eigenvalue weighted by molar-refractivity contribution is 7.89. The molecular formula is C15H18F5N5O2S. The van der Waals surface area contributed by atoms with Crippen molar-refractivity contribution in [1.29, 1.82) is 0 Å². The summed E-state index contributed by atoms with van der Waals surface area (Å²) in [4.78, 5) is -0.368. The van der Waals surface area contributed by atoms with Crippen LogP contribution in [0.25, 0.3) is 0 Å². The van der Waals surface area contributed by atoms with Crippen LogP contribution in [0.1, 0.15) is 42.0 Å². The van der Waals surface area contributed by atoms with E-state index in [1.165, 1.54) is 11.6 Å². The Bertz CT molecular complexity index is 964. The van der Waals surface area contributed by atoms with Gasteiger partial charge in [0, 0.05) is 24.3 Å². The Morgan fingerprint density at radius 3 is 2.61 bits per heavy atom. The van der Waals surface area contributed by atoms with Crippen LogP contribution in [0.2, 0.25) is 0 Å². The minimum atomic E-state index is -4.52. The summed E-state index contributed by atoms with van der Waals surface area (Å²) >= 11 is 0. The molecule has 0 atom stereocenters. The van der Waals surface area contributed by atoms with Gasteiger partial charge in [-0.25, -0.2) is 17.8 Å². The fourth-order valence-electron chi connectivity index (χ4n) is 3.30. The third-order valence-corrected chi connectivity index (χ3v) is 6.15. The minimum Gasteiger partial charge on any atom is -0.269 e. The first-order valence-electron chi connectivity index (χ1n) is 8.50. The predicted molar refractivity (Wildman–Crippen MR) is 87.3 cm³/mol. The molecule has 0 saturated carbocycles. The van der Waals surface area contributed by atoms with E-state index in [0.717, 1.165) is 6.20 Å². The molecular weight excluding hydrogens is 409 g/mol. The summed E-state index contributed by atoms with van der Waals surface area (Å²) in [5, 5.41) is 7.00. The lowest BCUT2D eigenvalue weighted by Crippen LogP contribution is -2.26. The van der Waals surface area contributed by atoms with E-state index >= 15 is 0 Å². The summed E-state index contributed by atoms with van der Waals surface area (Å²) in [6.07, 6.45) is -2.06. The van der Waals surface area contributed by atoms with E-state index in [-0.39, 0.29) is 35.7 Å². The summed E-state index contributed by atoms with van der Waals surface area (Å²) in [6.45, 7) is -1.73. The quantitative estimate of drug-likeness (QED) is 0.544. The highest BCUT2D eigenvalue weighted by atomic mass is 32.2. The van der Waals surface area contributed by atoms with Crippen LogP contribution in [-0.4, -0.2) is 34.5 Å². The van der Waals surface area contributed by atoms with Crippen molar-refractivity contribution in [3.05, 3.63) is 28.8 Å². The van der Waals surface area contributed by atoms with Gasteiger partial charge in [-0.1, -0.05) is 0 Å². The number of fused-ring (bicyclic) bond motifs is 1. The van der Waals surface area contributed by atoms with Crippen molar-refractivity contribution in [3.63, 3.8) is 0 Å². The molecule has 0 amide bonds. The molecule has 0 bridgehead atoms. The lowest BCUT2D eigenvalue weighted by Gasteiger charge is -2.09. The number of hydrogen-bond acceptors (Lipinski definition) is 4. The molecule has 2 heterocycles. The number of aromatic nitrogens is 4. The maximum Gasteiger partial charge on any atom is 0.435 e. The zero-order chi connectivity index (χ0) is 20.7. The van der Waals surface area contributed by atoms with Crippen molar-refractivity contribution in [2.75, 3.05) is 6.54 Å². The lowest BCUT2D eigenvalue weighted by atomic mass is 10.2. The zero-order valence-corrected chi connectivity index (χ0v) is 15.6. The molecule has 0 fully saturated rings. The molecule has 0 spiro atoms. The fraction of sp³-hybridized carbons (Fsp3) is 0.600. The average molecular weight is 427 g/mol. The molecule has 7 nitrogen and oxygen atoms in total. The van der Waals surface area contributed by atoms with Crippen LogP contribution in [-0.2, 0) is 35.6 Å². The molecule has 13 heteroatoms. The number of alkyl halides is 5. The van der Waals surface area contributed by atoms with Gasteiger partial charge < -0.3 is 0 Å². The van der Waals surface area contributed by atoms with Gasteiger partial charge in [-0.05, 0) is 32.6 Å². The number of halogens is 5. The number of nitrogens with zero attached hydrogens (tertiary/aromatic N) is 4. The largest absolute Gasteiger partial charge is 0.435 e. The van der Waals surface area contributed by atoms with Gasteiger partial charge in [0.25, 0.3) is 0 Å². The number of aryl methyl sites for hydroxylation is 1. The summed E-state index contributed by atoms with van der Waals surface area (Å²) in [5.41, 5.74) is -0.342. The molecule has 0 radical (unpaired) electrons. The van der Waals surface area contributed by atoms with Crippen molar-refractivity contribution in [2.24, 2.45) is 0 Å². The highest BCUT2D eigenvalue weighted by Gasteiger charge is 2.40. The Balaban J connectivity index is 1.64. The summed E-state index contributed by atoms with van der Waals surface area (Å²) in [7, 11) is -4.06. The van der Waals surface area contributed by atoms with Gasteiger partial charge in [-0.15, -0.1) is 0 Å². The third kappa shape index (κ3) is 3.90. The molecule has 156 valence electrons. The van der Waals surface area contributed by atoms with Gasteiger partial charge in [0.15, 0.2) is 5.69 Å². The van der Waals surface area contributed by atoms with E-state index < -0.39 is 28.4 Å². The van der Waals surface area contributed by atoms with Crippen LogP contribution in [0.5, 0.6) is 0 Å². The van der Waals surface area contributed by atoms with Crippen LogP contribution in [0, 0.1) is 6.92 Å². The monoisotopic (exact) mass is 427 g/mol. The van der Waals surface area contributed by atoms with Gasteiger partial charge in [-0.2, -0.15) is 32.1 Å². The summed E-state index contributed by atoms with van der Waals surface area (Å²) in [5.74, 6) is 0. The van der Waals surface area contributed by atoms with Gasteiger partial charge in [0.1, 0.15) is 4.90 Å². The molecule has 3 rings (SSSR count). The molecule has 28 heavy (non-hydrogen) atoms. The maximum atomic E-state index is 13.1. The van der Waals surface area contributed by atoms with Crippen LogP contribution >= 0.6 is 0 Å². The van der Waals surface area contributed by atoms with E-state index in [4.69, 9.17) is 0 Å². The Morgan fingerprint density at radius 2 is 2.00 bits per heavy atom. The van der Waals surface area contributed by atoms with E-state index in [0.29, 0.717) is 29.6 Å². The van der Waals surface area contributed by atoms with E-state index in [9.17, 15) is 30.4 Å². The van der Waals surface area contributed by atoms with Crippen molar-refractivity contribution in [2.45, 2.75) is 56.8 Å². The Labute approximate surface area is 157 Å². The third-order valence-electron chi connectivity index (χ3n) is 4.59.